The van der Waals surface area contributed by atoms with E-state index >= 15 is 0 Å². The van der Waals surface area contributed by atoms with E-state index < -0.39 is 0 Å². The first-order valence-corrected chi connectivity index (χ1v) is 11.0. The highest BCUT2D eigenvalue weighted by Crippen LogP contribution is 2.62. The van der Waals surface area contributed by atoms with Gasteiger partial charge in [0.2, 0.25) is 0 Å². The van der Waals surface area contributed by atoms with Gasteiger partial charge >= 0.3 is 0 Å². The Morgan fingerprint density at radius 3 is 2.67 bits per heavy atom. The van der Waals surface area contributed by atoms with Gasteiger partial charge in [0.25, 0.3) is 5.91 Å². The van der Waals surface area contributed by atoms with Crippen molar-refractivity contribution in [3.05, 3.63) is 46.7 Å². The van der Waals surface area contributed by atoms with Crippen LogP contribution in [-0.2, 0) is 16.1 Å². The minimum absolute atomic E-state index is 0.0190. The Labute approximate surface area is 182 Å². The second-order valence-corrected chi connectivity index (χ2v) is 8.70. The van der Waals surface area contributed by atoms with Crippen LogP contribution in [0.25, 0.3) is 0 Å². The van der Waals surface area contributed by atoms with Gasteiger partial charge in [0, 0.05) is 23.7 Å². The Bertz CT molecular complexity index is 844. The third-order valence-electron chi connectivity index (χ3n) is 6.43. The number of rotatable bonds is 10. The summed E-state index contributed by atoms with van der Waals surface area (Å²) in [6, 6.07) is 7.65. The van der Waals surface area contributed by atoms with Crippen molar-refractivity contribution >= 4 is 17.5 Å². The Hall–Kier alpha value is -1.96. The molecular formula is C22H29ClN4O3. The Kier molecular flexibility index (Phi) is 6.71. The number of nitrogens with zero attached hydrogens (tertiary/aromatic N) is 3. The van der Waals surface area contributed by atoms with E-state index in [0.717, 1.165) is 25.0 Å². The first-order valence-electron chi connectivity index (χ1n) is 10.6. The van der Waals surface area contributed by atoms with Crippen LogP contribution in [0.4, 0.5) is 0 Å². The van der Waals surface area contributed by atoms with Crippen molar-refractivity contribution in [3.8, 4) is 0 Å². The van der Waals surface area contributed by atoms with E-state index in [4.69, 9.17) is 21.1 Å². The maximum atomic E-state index is 12.6. The summed E-state index contributed by atoms with van der Waals surface area (Å²) in [5, 5.41) is 12.4. The summed E-state index contributed by atoms with van der Waals surface area (Å²) in [4.78, 5) is 12.6. The van der Waals surface area contributed by atoms with Crippen LogP contribution in [0.15, 0.2) is 30.5 Å². The molecule has 8 heteroatoms. The average molecular weight is 433 g/mol. The van der Waals surface area contributed by atoms with Crippen LogP contribution in [0.2, 0.25) is 5.02 Å². The quantitative estimate of drug-likeness (QED) is 0.581. The normalized spacial score (nSPS) is 25.7. The molecule has 2 fully saturated rings. The topological polar surface area (TPSA) is 78.3 Å². The van der Waals surface area contributed by atoms with Gasteiger partial charge in [-0.1, -0.05) is 23.7 Å². The molecule has 0 aliphatic heterocycles. The van der Waals surface area contributed by atoms with Crippen molar-refractivity contribution < 1.29 is 14.3 Å². The second kappa shape index (κ2) is 9.45. The molecule has 1 amide bonds. The summed E-state index contributed by atoms with van der Waals surface area (Å²) in [6.07, 6.45) is 5.12. The van der Waals surface area contributed by atoms with Gasteiger partial charge in [0.05, 0.1) is 32.1 Å². The number of carbonyl (C=O) groups is 1. The molecule has 1 N–H and O–H groups in total. The molecule has 30 heavy (non-hydrogen) atoms. The predicted molar refractivity (Wildman–Crippen MR) is 113 cm³/mol. The second-order valence-electron chi connectivity index (χ2n) is 8.26. The van der Waals surface area contributed by atoms with Crippen LogP contribution in [0.1, 0.15) is 48.3 Å². The van der Waals surface area contributed by atoms with Crippen LogP contribution in [0.5, 0.6) is 0 Å². The highest BCUT2D eigenvalue weighted by molar-refractivity contribution is 6.30. The number of carbonyl (C=O) groups excluding carboxylic acids is 1. The van der Waals surface area contributed by atoms with Crippen molar-refractivity contribution in [1.29, 1.82) is 0 Å². The molecule has 3 unspecified atom stereocenters. The number of amides is 1. The molecule has 2 aliphatic rings. The van der Waals surface area contributed by atoms with Crippen LogP contribution < -0.4 is 5.32 Å². The summed E-state index contributed by atoms with van der Waals surface area (Å²) in [7, 11) is 1.66. The van der Waals surface area contributed by atoms with Gasteiger partial charge in [-0.2, -0.15) is 0 Å². The fraction of sp³-hybridized carbons (Fsp3) is 0.591. The Morgan fingerprint density at radius 2 is 2.00 bits per heavy atom. The highest BCUT2D eigenvalue weighted by Gasteiger charge is 2.59. The molecule has 5 atom stereocenters. The lowest BCUT2D eigenvalue weighted by Crippen LogP contribution is -2.37. The summed E-state index contributed by atoms with van der Waals surface area (Å²) >= 11 is 5.92. The fourth-order valence-corrected chi connectivity index (χ4v) is 5.00. The van der Waals surface area contributed by atoms with E-state index in [-0.39, 0.29) is 11.9 Å². The zero-order valence-corrected chi connectivity index (χ0v) is 18.2. The van der Waals surface area contributed by atoms with Crippen LogP contribution in [0, 0.1) is 17.8 Å². The first kappa shape index (κ1) is 21.3. The largest absolute Gasteiger partial charge is 0.382 e. The van der Waals surface area contributed by atoms with Gasteiger partial charge in [-0.05, 0) is 61.3 Å². The summed E-state index contributed by atoms with van der Waals surface area (Å²) in [6.45, 7) is 3.74. The number of ether oxygens (including phenoxy) is 2. The molecule has 2 aliphatic carbocycles. The van der Waals surface area contributed by atoms with Crippen molar-refractivity contribution in [1.82, 2.24) is 20.3 Å². The molecule has 7 nitrogen and oxygen atoms in total. The minimum Gasteiger partial charge on any atom is -0.382 e. The predicted octanol–water partition coefficient (Wildman–Crippen LogP) is 3.50. The molecular weight excluding hydrogens is 404 g/mol. The summed E-state index contributed by atoms with van der Waals surface area (Å²) in [5.74, 6) is 1.84. The molecule has 4 rings (SSSR count). The van der Waals surface area contributed by atoms with Crippen molar-refractivity contribution in [2.24, 2.45) is 17.8 Å². The fourth-order valence-electron chi connectivity index (χ4n) is 4.88. The Balaban J connectivity index is 1.27. The highest BCUT2D eigenvalue weighted by atomic mass is 35.5. The van der Waals surface area contributed by atoms with Gasteiger partial charge in [-0.3, -0.25) is 4.79 Å². The lowest BCUT2D eigenvalue weighted by Gasteiger charge is -2.21. The molecule has 1 heterocycles. The number of hydrogen-bond acceptors (Lipinski definition) is 5. The maximum absolute atomic E-state index is 12.6. The number of benzene rings is 1. The summed E-state index contributed by atoms with van der Waals surface area (Å²) in [5.41, 5.74) is 1.51. The van der Waals surface area contributed by atoms with E-state index in [1.165, 1.54) is 0 Å². The number of methoxy groups -OCH3 is 1. The van der Waals surface area contributed by atoms with E-state index in [9.17, 15) is 4.79 Å². The minimum atomic E-state index is -0.0190. The monoisotopic (exact) mass is 432 g/mol. The number of nitrogens with one attached hydrogen (secondary N) is 1. The Morgan fingerprint density at radius 1 is 1.27 bits per heavy atom. The van der Waals surface area contributed by atoms with E-state index in [1.807, 2.05) is 10.9 Å². The van der Waals surface area contributed by atoms with Gasteiger partial charge in [0.15, 0.2) is 0 Å². The van der Waals surface area contributed by atoms with Gasteiger partial charge in [0.1, 0.15) is 5.69 Å². The number of fused-ring (bicyclic) bond motifs is 1. The molecule has 2 aromatic rings. The molecule has 0 bridgehead atoms. The van der Waals surface area contributed by atoms with Crippen molar-refractivity contribution in [3.63, 3.8) is 0 Å². The van der Waals surface area contributed by atoms with Crippen LogP contribution in [0.3, 0.4) is 0 Å². The number of halogens is 1. The number of hydrogen-bond donors (Lipinski definition) is 1. The van der Waals surface area contributed by atoms with Gasteiger partial charge in [-0.25, -0.2) is 4.68 Å². The van der Waals surface area contributed by atoms with E-state index in [1.54, 1.807) is 31.4 Å². The third-order valence-corrected chi connectivity index (χ3v) is 6.68. The lowest BCUT2D eigenvalue weighted by molar-refractivity contribution is 0.0601. The molecule has 0 radical (unpaired) electrons. The maximum Gasteiger partial charge on any atom is 0.251 e. The van der Waals surface area contributed by atoms with E-state index in [2.05, 4.69) is 22.6 Å². The zero-order valence-electron chi connectivity index (χ0n) is 17.5. The molecule has 1 aromatic carbocycles. The van der Waals surface area contributed by atoms with Crippen molar-refractivity contribution in [2.45, 2.75) is 44.9 Å². The van der Waals surface area contributed by atoms with Crippen LogP contribution in [-0.4, -0.2) is 47.3 Å². The number of aromatic nitrogens is 3. The molecule has 162 valence electrons. The van der Waals surface area contributed by atoms with Gasteiger partial charge in [-0.15, -0.1) is 5.10 Å². The van der Waals surface area contributed by atoms with E-state index in [0.29, 0.717) is 54.2 Å². The first-order chi connectivity index (χ1) is 14.6. The van der Waals surface area contributed by atoms with Gasteiger partial charge < -0.3 is 14.8 Å². The average Bonchev–Trinajstić information content (AvgIpc) is 3.11. The van der Waals surface area contributed by atoms with Crippen molar-refractivity contribution in [2.75, 3.05) is 20.3 Å². The standard InChI is InChI=1S/C22H29ClN4O3/c1-3-20(24-22(28)14-4-6-15(23)7-5-14)21-18-10-17(11-19(18)21)27-12-16(25-26-27)13-30-9-8-29-2/h4-7,12,17-21H,3,8-11,13H2,1-2H3,(H,24,28)/t17?,18-,19+,20?,21?. The SMILES string of the molecule is CCC(NC(=O)c1ccc(Cl)cc1)C1[C@H]2CC(n3cc(COCCOC)nn3)C[C@@H]12. The molecule has 1 aromatic heterocycles. The smallest absolute Gasteiger partial charge is 0.251 e. The third kappa shape index (κ3) is 4.68. The summed E-state index contributed by atoms with van der Waals surface area (Å²) < 4.78 is 12.5. The zero-order chi connectivity index (χ0) is 21.1. The molecule has 2 saturated carbocycles. The molecule has 0 spiro atoms. The lowest BCUT2D eigenvalue weighted by atomic mass is 9.99. The molecule has 0 saturated heterocycles. The van der Waals surface area contributed by atoms with Crippen LogP contribution >= 0.6 is 11.6 Å².